The molecule has 0 amide bonds. The average molecular weight is 634 g/mol. The number of nitrogens with one attached hydrogen (secondary N) is 1. The zero-order chi connectivity index (χ0) is 33.5. The van der Waals surface area contributed by atoms with Gasteiger partial charge in [-0.15, -0.1) is 0 Å². The smallest absolute Gasteiger partial charge is 0.310 e. The molecule has 46 heavy (non-hydrogen) atoms. The van der Waals surface area contributed by atoms with Gasteiger partial charge in [0.05, 0.1) is 12.2 Å². The highest BCUT2D eigenvalue weighted by atomic mass is 16.5. The Kier molecular flexibility index (Phi) is 10.2. The molecular formula is C40H63N3O3. The molecule has 2 saturated carbocycles. The number of hydrogen-bond acceptors (Lipinski definition) is 5. The Morgan fingerprint density at radius 2 is 1.83 bits per heavy atom. The van der Waals surface area contributed by atoms with Crippen molar-refractivity contribution in [2.45, 2.75) is 145 Å². The first kappa shape index (κ1) is 35.1. The zero-order valence-corrected chi connectivity index (χ0v) is 30.3. The summed E-state index contributed by atoms with van der Waals surface area (Å²) in [5.74, 6) is 1.24. The molecule has 0 aromatic carbocycles. The molecule has 1 aromatic heterocycles. The SMILES string of the molecule is CC(C)=CCC[C@@H](C)[C@H]1CC[C@@]2(C)C3=C(CC[C@]12C)[C@@]1(C)CC[C@H](OC(=O)[C@@H](CC(=O)CCN)Cc2cnc[nH]2)C(C)(C)[C@@H]1CC3. The Labute approximate surface area is 279 Å². The van der Waals surface area contributed by atoms with Crippen LogP contribution in [-0.4, -0.2) is 34.4 Å². The predicted molar refractivity (Wildman–Crippen MR) is 186 cm³/mol. The van der Waals surface area contributed by atoms with Crippen molar-refractivity contribution in [1.29, 1.82) is 0 Å². The molecule has 3 N–H and O–H groups in total. The van der Waals surface area contributed by atoms with Gasteiger partial charge in [-0.25, -0.2) is 4.98 Å². The molecular weight excluding hydrogens is 570 g/mol. The number of imidazole rings is 1. The van der Waals surface area contributed by atoms with E-state index in [-0.39, 0.29) is 46.9 Å². The van der Waals surface area contributed by atoms with Crippen LogP contribution < -0.4 is 5.73 Å². The predicted octanol–water partition coefficient (Wildman–Crippen LogP) is 8.92. The number of esters is 1. The van der Waals surface area contributed by atoms with E-state index in [1.54, 1.807) is 18.1 Å². The fourth-order valence-electron chi connectivity index (χ4n) is 11.3. The molecule has 256 valence electrons. The summed E-state index contributed by atoms with van der Waals surface area (Å²) in [6.07, 6.45) is 18.5. The van der Waals surface area contributed by atoms with E-state index < -0.39 is 5.92 Å². The third kappa shape index (κ3) is 6.21. The van der Waals surface area contributed by atoms with E-state index in [9.17, 15) is 9.59 Å². The number of H-pyrrole nitrogens is 1. The number of fused-ring (bicyclic) bond motifs is 4. The third-order valence-electron chi connectivity index (χ3n) is 14.1. The number of Topliss-reactive ketones (excluding diaryl/α,β-unsaturated/α-hetero) is 1. The van der Waals surface area contributed by atoms with Gasteiger partial charge in [-0.05, 0) is 119 Å². The lowest BCUT2D eigenvalue weighted by Gasteiger charge is -2.62. The summed E-state index contributed by atoms with van der Waals surface area (Å²) in [4.78, 5) is 33.6. The van der Waals surface area contributed by atoms with Gasteiger partial charge in [-0.2, -0.15) is 0 Å². The Morgan fingerprint density at radius 1 is 1.07 bits per heavy atom. The van der Waals surface area contributed by atoms with Gasteiger partial charge in [0.25, 0.3) is 0 Å². The largest absolute Gasteiger partial charge is 0.462 e. The van der Waals surface area contributed by atoms with Gasteiger partial charge in [0, 0.05) is 36.6 Å². The number of nitrogens with zero attached hydrogens (tertiary/aromatic N) is 1. The lowest BCUT2D eigenvalue weighted by atomic mass is 9.43. The number of allylic oxidation sites excluding steroid dienone is 4. The highest BCUT2D eigenvalue weighted by Gasteiger charge is 2.63. The van der Waals surface area contributed by atoms with Crippen LogP contribution in [0.2, 0.25) is 0 Å². The van der Waals surface area contributed by atoms with Crippen LogP contribution in [0.25, 0.3) is 0 Å². The van der Waals surface area contributed by atoms with E-state index >= 15 is 0 Å². The van der Waals surface area contributed by atoms with E-state index in [1.165, 1.54) is 50.5 Å². The second-order valence-corrected chi connectivity index (χ2v) is 17.2. The van der Waals surface area contributed by atoms with E-state index in [0.29, 0.717) is 24.3 Å². The molecule has 4 aliphatic carbocycles. The van der Waals surface area contributed by atoms with Crippen molar-refractivity contribution in [3.8, 4) is 0 Å². The normalized spacial score (nSPS) is 34.6. The highest BCUT2D eigenvalue weighted by molar-refractivity contribution is 5.84. The first-order chi connectivity index (χ1) is 21.7. The lowest BCUT2D eigenvalue weighted by molar-refractivity contribution is -0.175. The van der Waals surface area contributed by atoms with Crippen molar-refractivity contribution in [3.63, 3.8) is 0 Å². The molecule has 8 atom stereocenters. The molecule has 0 radical (unpaired) electrons. The van der Waals surface area contributed by atoms with Crippen molar-refractivity contribution in [2.24, 2.45) is 51.1 Å². The zero-order valence-electron chi connectivity index (χ0n) is 30.3. The van der Waals surface area contributed by atoms with E-state index in [2.05, 4.69) is 71.4 Å². The van der Waals surface area contributed by atoms with Crippen LogP contribution >= 0.6 is 0 Å². The molecule has 1 aromatic rings. The van der Waals surface area contributed by atoms with Crippen molar-refractivity contribution in [3.05, 3.63) is 41.0 Å². The van der Waals surface area contributed by atoms with Crippen molar-refractivity contribution in [1.82, 2.24) is 9.97 Å². The molecule has 0 unspecified atom stereocenters. The van der Waals surface area contributed by atoms with Crippen molar-refractivity contribution in [2.75, 3.05) is 6.54 Å². The van der Waals surface area contributed by atoms with Gasteiger partial charge >= 0.3 is 5.97 Å². The number of ether oxygens (including phenoxy) is 1. The lowest BCUT2D eigenvalue weighted by Crippen LogP contribution is -2.56. The second kappa shape index (κ2) is 13.4. The minimum absolute atomic E-state index is 0.0143. The third-order valence-corrected chi connectivity index (χ3v) is 14.1. The van der Waals surface area contributed by atoms with Crippen LogP contribution in [0.1, 0.15) is 138 Å². The molecule has 2 fully saturated rings. The van der Waals surface area contributed by atoms with E-state index in [1.807, 2.05) is 5.57 Å². The minimum Gasteiger partial charge on any atom is -0.462 e. The van der Waals surface area contributed by atoms with Gasteiger partial charge in [0.2, 0.25) is 0 Å². The maximum Gasteiger partial charge on any atom is 0.310 e. The summed E-state index contributed by atoms with van der Waals surface area (Å²) in [7, 11) is 0. The number of ketones is 1. The molecule has 1 heterocycles. The molecule has 5 rings (SSSR count). The number of carbonyl (C=O) groups is 2. The van der Waals surface area contributed by atoms with Gasteiger partial charge < -0.3 is 15.5 Å². The summed E-state index contributed by atoms with van der Waals surface area (Å²) >= 11 is 0. The van der Waals surface area contributed by atoms with Crippen LogP contribution in [0.4, 0.5) is 0 Å². The van der Waals surface area contributed by atoms with Gasteiger partial charge in [-0.3, -0.25) is 9.59 Å². The highest BCUT2D eigenvalue weighted by Crippen LogP contribution is 2.72. The Bertz CT molecular complexity index is 1320. The maximum atomic E-state index is 13.8. The number of aromatic amines is 1. The molecule has 0 spiro atoms. The molecule has 6 heteroatoms. The van der Waals surface area contributed by atoms with Gasteiger partial charge in [0.1, 0.15) is 11.9 Å². The minimum atomic E-state index is -0.528. The molecule has 4 aliphatic rings. The van der Waals surface area contributed by atoms with Crippen LogP contribution in [0.3, 0.4) is 0 Å². The number of hydrogen-bond donors (Lipinski definition) is 2. The van der Waals surface area contributed by atoms with Crippen LogP contribution in [-0.2, 0) is 20.7 Å². The monoisotopic (exact) mass is 633 g/mol. The number of nitrogens with two attached hydrogens (primary N) is 1. The second-order valence-electron chi connectivity index (χ2n) is 17.2. The van der Waals surface area contributed by atoms with E-state index in [4.69, 9.17) is 10.5 Å². The summed E-state index contributed by atoms with van der Waals surface area (Å²) in [5.41, 5.74) is 12.2. The summed E-state index contributed by atoms with van der Waals surface area (Å²) < 4.78 is 6.44. The number of rotatable bonds is 12. The quantitative estimate of drug-likeness (QED) is 0.177. The van der Waals surface area contributed by atoms with Crippen molar-refractivity contribution >= 4 is 11.8 Å². The summed E-state index contributed by atoms with van der Waals surface area (Å²) in [5, 5.41) is 0. The summed E-state index contributed by atoms with van der Waals surface area (Å²) in [6, 6.07) is 0. The molecule has 0 saturated heterocycles. The Hall–Kier alpha value is -2.21. The molecule has 0 bridgehead atoms. The van der Waals surface area contributed by atoms with Gasteiger partial charge in [0.15, 0.2) is 0 Å². The molecule has 6 nitrogen and oxygen atoms in total. The van der Waals surface area contributed by atoms with Crippen molar-refractivity contribution < 1.29 is 14.3 Å². The first-order valence-electron chi connectivity index (χ1n) is 18.4. The Balaban J connectivity index is 1.34. The van der Waals surface area contributed by atoms with Gasteiger partial charge in [-0.1, -0.05) is 64.3 Å². The average Bonchev–Trinajstić information content (AvgIpc) is 3.59. The standard InChI is InChI=1S/C40H63N3O3/c1-26(2)10-9-11-27(3)31-14-19-40(8)33-12-13-34-37(4,5)35(16-18-38(34,6)32(33)15-20-39(31,40)7)46-36(45)28(23-30(44)17-21-41)22-29-24-42-25-43-29/h10,24-25,27-28,31,34-35H,9,11-23,41H2,1-8H3,(H,42,43)/t27-,28-,31-,34+,35+,38-,39-,40+/m1/s1. The summed E-state index contributed by atoms with van der Waals surface area (Å²) in [6.45, 7) is 19.8. The number of carbonyl (C=O) groups excluding carboxylic acids is 2. The van der Waals surface area contributed by atoms with E-state index in [0.717, 1.165) is 36.8 Å². The fourth-order valence-corrected chi connectivity index (χ4v) is 11.3. The fraction of sp³-hybridized carbons (Fsp3) is 0.775. The van der Waals surface area contributed by atoms with Crippen LogP contribution in [0, 0.1) is 45.3 Å². The maximum absolute atomic E-state index is 13.8. The number of aromatic nitrogens is 2. The first-order valence-corrected chi connectivity index (χ1v) is 18.4. The Morgan fingerprint density at radius 3 is 2.50 bits per heavy atom. The molecule has 0 aliphatic heterocycles. The van der Waals surface area contributed by atoms with Crippen LogP contribution in [0.5, 0.6) is 0 Å². The van der Waals surface area contributed by atoms with Crippen LogP contribution in [0.15, 0.2) is 35.3 Å². The topological polar surface area (TPSA) is 98.1 Å².